The van der Waals surface area contributed by atoms with Crippen molar-refractivity contribution in [2.75, 3.05) is 0 Å². The molecular weight excluding hydrogens is 292 g/mol. The van der Waals surface area contributed by atoms with E-state index in [9.17, 15) is 0 Å². The number of hydrogen-bond acceptors (Lipinski definition) is 2. The Bertz CT molecular complexity index is 406. The maximum absolute atomic E-state index is 6.09. The van der Waals surface area contributed by atoms with E-state index in [2.05, 4.69) is 34.9 Å². The van der Waals surface area contributed by atoms with Crippen molar-refractivity contribution < 1.29 is 4.74 Å². The molecule has 0 aliphatic heterocycles. The van der Waals surface area contributed by atoms with E-state index in [0.29, 0.717) is 12.7 Å². The summed E-state index contributed by atoms with van der Waals surface area (Å²) in [4.78, 5) is 0. The zero-order valence-corrected chi connectivity index (χ0v) is 13.3. The molecule has 2 rings (SSSR count). The molecule has 3 nitrogen and oxygen atoms in total. The molecule has 1 heterocycles. The number of ether oxygens (including phenoxy) is 1. The lowest BCUT2D eigenvalue weighted by Crippen LogP contribution is -2.26. The van der Waals surface area contributed by atoms with E-state index < -0.39 is 0 Å². The Kier molecular flexibility index (Phi) is 4.49. The lowest BCUT2D eigenvalue weighted by Gasteiger charge is -2.31. The van der Waals surface area contributed by atoms with Crippen LogP contribution in [-0.4, -0.2) is 15.9 Å². The molecule has 2 atom stereocenters. The van der Waals surface area contributed by atoms with Crippen LogP contribution in [0.1, 0.15) is 44.5 Å². The maximum Gasteiger partial charge on any atom is 0.0900 e. The monoisotopic (exact) mass is 314 g/mol. The van der Waals surface area contributed by atoms with Gasteiger partial charge in [0.1, 0.15) is 0 Å². The zero-order valence-electron chi connectivity index (χ0n) is 11.7. The van der Waals surface area contributed by atoms with Gasteiger partial charge in [0.2, 0.25) is 0 Å². The van der Waals surface area contributed by atoms with Gasteiger partial charge in [0.25, 0.3) is 0 Å². The lowest BCUT2D eigenvalue weighted by atomic mass is 9.82. The molecule has 18 heavy (non-hydrogen) atoms. The molecule has 0 saturated heterocycles. The molecule has 1 aromatic rings. The van der Waals surface area contributed by atoms with Crippen LogP contribution in [0, 0.1) is 18.8 Å². The van der Waals surface area contributed by atoms with Gasteiger partial charge in [-0.15, -0.1) is 0 Å². The number of rotatable bonds is 3. The molecule has 0 bridgehead atoms. The summed E-state index contributed by atoms with van der Waals surface area (Å²) in [5.41, 5.74) is 2.17. The number of aryl methyl sites for hydroxylation is 2. The highest BCUT2D eigenvalue weighted by Gasteiger charge is 2.25. The van der Waals surface area contributed by atoms with Crippen molar-refractivity contribution in [3.05, 3.63) is 15.9 Å². The van der Waals surface area contributed by atoms with Crippen LogP contribution in [0.5, 0.6) is 0 Å². The van der Waals surface area contributed by atoms with Gasteiger partial charge in [-0.05, 0) is 54.0 Å². The molecule has 0 radical (unpaired) electrons. The molecule has 102 valence electrons. The average Bonchev–Trinajstić information content (AvgIpc) is 2.50. The zero-order chi connectivity index (χ0) is 13.3. The molecule has 0 spiro atoms. The molecule has 1 aliphatic carbocycles. The molecule has 0 aromatic carbocycles. The molecule has 1 aromatic heterocycles. The molecule has 0 amide bonds. The third kappa shape index (κ3) is 3.15. The Morgan fingerprint density at radius 1 is 1.28 bits per heavy atom. The van der Waals surface area contributed by atoms with Gasteiger partial charge in [-0.1, -0.05) is 13.8 Å². The van der Waals surface area contributed by atoms with E-state index in [4.69, 9.17) is 4.74 Å². The fourth-order valence-electron chi connectivity index (χ4n) is 3.04. The summed E-state index contributed by atoms with van der Waals surface area (Å²) in [5.74, 6) is 1.57. The first-order valence-electron chi connectivity index (χ1n) is 6.77. The Balaban J connectivity index is 1.95. The highest BCUT2D eigenvalue weighted by molar-refractivity contribution is 9.10. The minimum atomic E-state index is 0.408. The van der Waals surface area contributed by atoms with Crippen molar-refractivity contribution in [1.29, 1.82) is 0 Å². The largest absolute Gasteiger partial charge is 0.372 e. The lowest BCUT2D eigenvalue weighted by molar-refractivity contribution is -0.0118. The van der Waals surface area contributed by atoms with Crippen molar-refractivity contribution in [3.8, 4) is 0 Å². The molecule has 2 unspecified atom stereocenters. The number of hydrogen-bond donors (Lipinski definition) is 0. The highest BCUT2D eigenvalue weighted by Crippen LogP contribution is 2.31. The molecule has 4 heteroatoms. The second kappa shape index (κ2) is 5.74. The van der Waals surface area contributed by atoms with E-state index in [1.165, 1.54) is 19.3 Å². The highest BCUT2D eigenvalue weighted by atomic mass is 79.9. The normalized spacial score (nSPS) is 28.6. The average molecular weight is 315 g/mol. The summed E-state index contributed by atoms with van der Waals surface area (Å²) in [6.07, 6.45) is 4.14. The first kappa shape index (κ1) is 14.1. The van der Waals surface area contributed by atoms with Gasteiger partial charge in [-0.3, -0.25) is 4.68 Å². The summed E-state index contributed by atoms with van der Waals surface area (Å²) in [5, 5.41) is 4.39. The predicted octanol–water partition coefficient (Wildman–Crippen LogP) is 3.83. The second-order valence-corrected chi connectivity index (χ2v) is 6.61. The molecular formula is C14H23BrN2O. The van der Waals surface area contributed by atoms with E-state index in [-0.39, 0.29) is 0 Å². The quantitative estimate of drug-likeness (QED) is 0.847. The van der Waals surface area contributed by atoms with Gasteiger partial charge in [0.15, 0.2) is 0 Å². The smallest absolute Gasteiger partial charge is 0.0900 e. The first-order chi connectivity index (χ1) is 8.47. The third-order valence-corrected chi connectivity index (χ3v) is 4.88. The Morgan fingerprint density at radius 3 is 2.39 bits per heavy atom. The van der Waals surface area contributed by atoms with Gasteiger partial charge in [-0.25, -0.2) is 0 Å². The second-order valence-electron chi connectivity index (χ2n) is 5.82. The van der Waals surface area contributed by atoms with Crippen molar-refractivity contribution in [2.45, 2.75) is 52.7 Å². The van der Waals surface area contributed by atoms with Crippen molar-refractivity contribution >= 4 is 15.9 Å². The van der Waals surface area contributed by atoms with Crippen LogP contribution in [0.25, 0.3) is 0 Å². The third-order valence-electron chi connectivity index (χ3n) is 3.85. The van der Waals surface area contributed by atoms with Crippen LogP contribution in [0.2, 0.25) is 0 Å². The van der Waals surface area contributed by atoms with Gasteiger partial charge in [-0.2, -0.15) is 5.10 Å². The summed E-state index contributed by atoms with van der Waals surface area (Å²) >= 11 is 3.59. The standard InChI is InChI=1S/C14H23BrN2O/c1-9-5-10(2)7-12(6-9)18-8-13-14(15)11(3)16-17(13)4/h9-10,12H,5-8H2,1-4H3. The van der Waals surface area contributed by atoms with Crippen LogP contribution in [0.3, 0.4) is 0 Å². The Labute approximate surface area is 118 Å². The summed E-state index contributed by atoms with van der Waals surface area (Å²) in [6, 6.07) is 0. The molecule has 1 fully saturated rings. The van der Waals surface area contributed by atoms with Gasteiger partial charge < -0.3 is 4.74 Å². The summed E-state index contributed by atoms with van der Waals surface area (Å²) in [6.45, 7) is 7.33. The fraction of sp³-hybridized carbons (Fsp3) is 0.786. The van der Waals surface area contributed by atoms with Crippen LogP contribution < -0.4 is 0 Å². The van der Waals surface area contributed by atoms with Crippen LogP contribution in [0.4, 0.5) is 0 Å². The minimum Gasteiger partial charge on any atom is -0.372 e. The minimum absolute atomic E-state index is 0.408. The topological polar surface area (TPSA) is 27.1 Å². The van der Waals surface area contributed by atoms with E-state index in [1.54, 1.807) is 0 Å². The van der Waals surface area contributed by atoms with Crippen LogP contribution in [0.15, 0.2) is 4.47 Å². The molecule has 1 aliphatic rings. The van der Waals surface area contributed by atoms with E-state index >= 15 is 0 Å². The summed E-state index contributed by atoms with van der Waals surface area (Å²) in [7, 11) is 1.97. The fourth-order valence-corrected chi connectivity index (χ4v) is 3.49. The van der Waals surface area contributed by atoms with Crippen molar-refractivity contribution in [3.63, 3.8) is 0 Å². The maximum atomic E-state index is 6.09. The van der Waals surface area contributed by atoms with Crippen molar-refractivity contribution in [1.82, 2.24) is 9.78 Å². The first-order valence-corrected chi connectivity index (χ1v) is 7.56. The van der Waals surface area contributed by atoms with Gasteiger partial charge in [0.05, 0.1) is 28.6 Å². The summed E-state index contributed by atoms with van der Waals surface area (Å²) < 4.78 is 9.09. The van der Waals surface area contributed by atoms with Gasteiger partial charge in [0, 0.05) is 7.05 Å². The van der Waals surface area contributed by atoms with Crippen LogP contribution >= 0.6 is 15.9 Å². The predicted molar refractivity (Wildman–Crippen MR) is 76.4 cm³/mol. The SMILES string of the molecule is Cc1nn(C)c(COC2CC(C)CC(C)C2)c1Br. The van der Waals surface area contributed by atoms with Gasteiger partial charge >= 0.3 is 0 Å². The Morgan fingerprint density at radius 2 is 1.89 bits per heavy atom. The van der Waals surface area contributed by atoms with E-state index in [0.717, 1.165) is 27.7 Å². The van der Waals surface area contributed by atoms with Crippen LogP contribution in [-0.2, 0) is 18.4 Å². The number of halogens is 1. The number of nitrogens with zero attached hydrogens (tertiary/aromatic N) is 2. The van der Waals surface area contributed by atoms with Crippen molar-refractivity contribution in [2.24, 2.45) is 18.9 Å². The number of aromatic nitrogens is 2. The van der Waals surface area contributed by atoms with E-state index in [1.807, 2.05) is 18.7 Å². The Hall–Kier alpha value is -0.350. The molecule has 1 saturated carbocycles. The molecule has 0 N–H and O–H groups in total.